The van der Waals surface area contributed by atoms with E-state index >= 15 is 0 Å². The number of ether oxygens (including phenoxy) is 1. The molecule has 0 atom stereocenters. The Bertz CT molecular complexity index is 1160. The Hall–Kier alpha value is -2.66. The Balaban J connectivity index is 1.74. The zero-order valence-electron chi connectivity index (χ0n) is 18.6. The first-order valence-corrected chi connectivity index (χ1v) is 12.1. The van der Waals surface area contributed by atoms with E-state index in [4.69, 9.17) is 9.15 Å². The van der Waals surface area contributed by atoms with Crippen LogP contribution in [0.15, 0.2) is 45.7 Å². The van der Waals surface area contributed by atoms with Gasteiger partial charge in [0.1, 0.15) is 17.1 Å². The molecule has 0 spiro atoms. The Kier molecular flexibility index (Phi) is 6.42. The minimum Gasteiger partial charge on any atom is -0.493 e. The van der Waals surface area contributed by atoms with Gasteiger partial charge in [0.2, 0.25) is 5.91 Å². The summed E-state index contributed by atoms with van der Waals surface area (Å²) in [5, 5.41) is 4.17. The highest BCUT2D eigenvalue weighted by molar-refractivity contribution is 7.98. The van der Waals surface area contributed by atoms with Crippen LogP contribution >= 0.6 is 11.8 Å². The molecule has 0 bridgehead atoms. The number of allylic oxidation sites excluding steroid dienone is 1. The quantitative estimate of drug-likeness (QED) is 0.342. The number of aryl methyl sites for hydroxylation is 3. The van der Waals surface area contributed by atoms with Crippen molar-refractivity contribution in [3.63, 3.8) is 0 Å². The first-order valence-electron chi connectivity index (χ1n) is 10.9. The van der Waals surface area contributed by atoms with E-state index in [0.717, 1.165) is 62.6 Å². The lowest BCUT2D eigenvalue weighted by Gasteiger charge is -2.15. The molecule has 1 heterocycles. The molecule has 4 rings (SSSR count). The van der Waals surface area contributed by atoms with E-state index in [2.05, 4.69) is 11.4 Å². The predicted octanol–water partition coefficient (Wildman–Crippen LogP) is 6.78. The summed E-state index contributed by atoms with van der Waals surface area (Å²) < 4.78 is 12.3. The highest BCUT2D eigenvalue weighted by Gasteiger charge is 2.23. The van der Waals surface area contributed by atoms with E-state index in [1.165, 1.54) is 18.4 Å². The van der Waals surface area contributed by atoms with Crippen LogP contribution in [0.3, 0.4) is 0 Å². The number of amides is 1. The van der Waals surface area contributed by atoms with Gasteiger partial charge in [-0.15, -0.1) is 11.8 Å². The molecule has 1 amide bonds. The topological polar surface area (TPSA) is 51.5 Å². The van der Waals surface area contributed by atoms with Crippen molar-refractivity contribution in [2.24, 2.45) is 0 Å². The summed E-state index contributed by atoms with van der Waals surface area (Å²) in [5.41, 5.74) is 5.90. The second-order valence-electron chi connectivity index (χ2n) is 7.92. The summed E-state index contributed by atoms with van der Waals surface area (Å²) in [6.07, 6.45) is 8.07. The molecule has 5 heteroatoms. The van der Waals surface area contributed by atoms with E-state index in [9.17, 15) is 4.79 Å². The maximum absolute atomic E-state index is 12.8. The van der Waals surface area contributed by atoms with Crippen LogP contribution in [-0.4, -0.2) is 18.8 Å². The van der Waals surface area contributed by atoms with Crippen LogP contribution in [0, 0.1) is 6.92 Å². The average molecular weight is 436 g/mol. The Morgan fingerprint density at radius 2 is 2.03 bits per heavy atom. The summed E-state index contributed by atoms with van der Waals surface area (Å²) in [7, 11) is 0. The fraction of sp³-hybridized carbons (Fsp3) is 0.346. The first kappa shape index (κ1) is 21.6. The molecule has 1 N–H and O–H groups in total. The van der Waals surface area contributed by atoms with Crippen LogP contribution < -0.4 is 10.1 Å². The number of fused-ring (bicyclic) bond motifs is 3. The van der Waals surface area contributed by atoms with Gasteiger partial charge in [-0.25, -0.2) is 0 Å². The van der Waals surface area contributed by atoms with Crippen LogP contribution in [0.4, 0.5) is 5.69 Å². The number of carbonyl (C=O) groups is 1. The largest absolute Gasteiger partial charge is 0.493 e. The number of nitrogens with one attached hydrogen (secondary N) is 1. The van der Waals surface area contributed by atoms with Crippen molar-refractivity contribution in [1.82, 2.24) is 0 Å². The van der Waals surface area contributed by atoms with Crippen LogP contribution in [0.25, 0.3) is 16.5 Å². The summed E-state index contributed by atoms with van der Waals surface area (Å²) >= 11 is 1.61. The van der Waals surface area contributed by atoms with Gasteiger partial charge in [0.25, 0.3) is 0 Å². The zero-order chi connectivity index (χ0) is 22.0. The van der Waals surface area contributed by atoms with Crippen LogP contribution in [0.1, 0.15) is 49.1 Å². The fourth-order valence-electron chi connectivity index (χ4n) is 4.35. The second-order valence-corrected chi connectivity index (χ2v) is 8.76. The fourth-order valence-corrected chi connectivity index (χ4v) is 4.90. The van der Waals surface area contributed by atoms with E-state index in [-0.39, 0.29) is 5.91 Å². The number of furan rings is 1. The number of thioether (sulfide) groups is 1. The van der Waals surface area contributed by atoms with Gasteiger partial charge in [0, 0.05) is 39.5 Å². The molecular formula is C26H29NO3S. The maximum Gasteiger partial charge on any atom is 0.248 e. The van der Waals surface area contributed by atoms with E-state index in [1.54, 1.807) is 17.8 Å². The van der Waals surface area contributed by atoms with E-state index in [1.807, 2.05) is 51.3 Å². The lowest BCUT2D eigenvalue weighted by Crippen LogP contribution is -2.09. The highest BCUT2D eigenvalue weighted by Crippen LogP contribution is 2.41. The van der Waals surface area contributed by atoms with E-state index < -0.39 is 0 Å². The zero-order valence-corrected chi connectivity index (χ0v) is 19.4. The van der Waals surface area contributed by atoms with Gasteiger partial charge >= 0.3 is 0 Å². The molecule has 4 nitrogen and oxygen atoms in total. The van der Waals surface area contributed by atoms with E-state index in [0.29, 0.717) is 6.61 Å². The number of rotatable bonds is 6. The first-order chi connectivity index (χ1) is 15.0. The predicted molar refractivity (Wildman–Crippen MR) is 129 cm³/mol. The monoisotopic (exact) mass is 435 g/mol. The number of hydrogen-bond donors (Lipinski definition) is 1. The van der Waals surface area contributed by atoms with Gasteiger partial charge in [0.05, 0.1) is 12.3 Å². The third-order valence-electron chi connectivity index (χ3n) is 5.85. The summed E-state index contributed by atoms with van der Waals surface area (Å²) in [6.45, 7) is 6.55. The maximum atomic E-state index is 12.8. The van der Waals surface area contributed by atoms with Crippen molar-refractivity contribution in [2.75, 3.05) is 18.2 Å². The average Bonchev–Trinajstić information content (AvgIpc) is 3.15. The van der Waals surface area contributed by atoms with Gasteiger partial charge < -0.3 is 14.5 Å². The molecule has 3 aromatic rings. The minimum absolute atomic E-state index is 0.145. The molecule has 0 saturated carbocycles. The molecule has 162 valence electrons. The number of carbonyl (C=O) groups excluding carboxylic acids is 1. The van der Waals surface area contributed by atoms with Crippen molar-refractivity contribution >= 4 is 39.9 Å². The van der Waals surface area contributed by atoms with Gasteiger partial charge in [-0.2, -0.15) is 0 Å². The third kappa shape index (κ3) is 4.24. The van der Waals surface area contributed by atoms with Gasteiger partial charge in [-0.1, -0.05) is 12.1 Å². The molecule has 0 fully saturated rings. The van der Waals surface area contributed by atoms with Crippen LogP contribution in [0.5, 0.6) is 5.75 Å². The number of anilines is 1. The van der Waals surface area contributed by atoms with Crippen molar-refractivity contribution in [3.8, 4) is 5.75 Å². The molecule has 2 aromatic carbocycles. The molecule has 0 unspecified atom stereocenters. The molecular weight excluding hydrogens is 406 g/mol. The number of benzene rings is 2. The molecule has 1 aromatic heterocycles. The molecule has 0 radical (unpaired) electrons. The molecule has 0 aliphatic heterocycles. The van der Waals surface area contributed by atoms with Crippen molar-refractivity contribution in [2.45, 2.75) is 51.3 Å². The van der Waals surface area contributed by atoms with Gasteiger partial charge in [-0.3, -0.25) is 4.79 Å². The molecule has 1 aliphatic carbocycles. The SMILES string of the molecule is CCOc1c(/C(C)=C/C(=O)Nc2ccccc2SC)cc2c3c(oc2c1C)CCCC3. The Labute approximate surface area is 188 Å². The van der Waals surface area contributed by atoms with Gasteiger partial charge in [-0.05, 0) is 70.1 Å². The normalized spacial score (nSPS) is 13.9. The van der Waals surface area contributed by atoms with Crippen molar-refractivity contribution in [1.29, 1.82) is 0 Å². The third-order valence-corrected chi connectivity index (χ3v) is 6.65. The lowest BCUT2D eigenvalue weighted by molar-refractivity contribution is -0.111. The number of para-hydroxylation sites is 1. The molecule has 1 aliphatic rings. The van der Waals surface area contributed by atoms with Crippen molar-refractivity contribution in [3.05, 3.63) is 58.9 Å². The summed E-state index contributed by atoms with van der Waals surface area (Å²) in [5.74, 6) is 1.76. The standard InChI is InChI=1S/C26H29NO3S/c1-5-29-25-17(3)26-20(18-10-6-8-12-22(18)30-26)15-19(25)16(2)14-24(28)27-21-11-7-9-13-23(21)31-4/h7,9,11,13-15H,5-6,8,10,12H2,1-4H3,(H,27,28)/b16-14+. The van der Waals surface area contributed by atoms with Crippen LogP contribution in [-0.2, 0) is 17.6 Å². The lowest BCUT2D eigenvalue weighted by atomic mass is 9.93. The molecule has 0 saturated heterocycles. The summed E-state index contributed by atoms with van der Waals surface area (Å²) in [4.78, 5) is 13.8. The smallest absolute Gasteiger partial charge is 0.248 e. The highest BCUT2D eigenvalue weighted by atomic mass is 32.2. The Morgan fingerprint density at radius 1 is 1.26 bits per heavy atom. The number of hydrogen-bond acceptors (Lipinski definition) is 4. The summed E-state index contributed by atoms with van der Waals surface area (Å²) in [6, 6.07) is 9.98. The Morgan fingerprint density at radius 3 is 2.81 bits per heavy atom. The van der Waals surface area contributed by atoms with Gasteiger partial charge in [0.15, 0.2) is 0 Å². The van der Waals surface area contributed by atoms with Crippen LogP contribution in [0.2, 0.25) is 0 Å². The second kappa shape index (κ2) is 9.23. The molecule has 31 heavy (non-hydrogen) atoms. The minimum atomic E-state index is -0.145. The van der Waals surface area contributed by atoms with Crippen molar-refractivity contribution < 1.29 is 13.9 Å².